The fourth-order valence-corrected chi connectivity index (χ4v) is 0.747. The minimum absolute atomic E-state index is 0.661. The molecule has 1 nitrogen and oxygen atoms in total. The van der Waals surface area contributed by atoms with Crippen LogP contribution in [0.15, 0.2) is 35.9 Å². The summed E-state index contributed by atoms with van der Waals surface area (Å²) >= 11 is 0. The highest BCUT2D eigenvalue weighted by atomic mass is 16.5. The Balaban J connectivity index is 2.44. The van der Waals surface area contributed by atoms with Gasteiger partial charge in [-0.2, -0.15) is 0 Å². The zero-order valence-corrected chi connectivity index (χ0v) is 7.50. The molecule has 0 bridgehead atoms. The highest BCUT2D eigenvalue weighted by molar-refractivity contribution is 5.20. The van der Waals surface area contributed by atoms with Crippen molar-refractivity contribution in [2.45, 2.75) is 13.8 Å². The van der Waals surface area contributed by atoms with Crippen molar-refractivity contribution in [3.63, 3.8) is 0 Å². The van der Waals surface area contributed by atoms with Crippen LogP contribution in [0.25, 0.3) is 0 Å². The number of allylic oxidation sites excluding steroid dienone is 1. The van der Waals surface area contributed by atoms with Gasteiger partial charge in [0.05, 0.1) is 0 Å². The predicted octanol–water partition coefficient (Wildman–Crippen LogP) is 2.83. The van der Waals surface area contributed by atoms with Crippen molar-refractivity contribution < 1.29 is 4.74 Å². The standard InChI is InChI=1S/C11H13O/c1-3-10(2)9-12-11-7-5-4-6-8-11/h3-5,7-8H,9H2,1-2H3. The summed E-state index contributed by atoms with van der Waals surface area (Å²) in [4.78, 5) is 0. The number of ether oxygens (including phenoxy) is 1. The normalized spacial score (nSPS) is 11.3. The lowest BCUT2D eigenvalue weighted by Crippen LogP contribution is -1.97. The molecule has 1 aromatic rings. The monoisotopic (exact) mass is 161 g/mol. The van der Waals surface area contributed by atoms with Crippen LogP contribution < -0.4 is 4.74 Å². The van der Waals surface area contributed by atoms with E-state index < -0.39 is 0 Å². The van der Waals surface area contributed by atoms with E-state index in [4.69, 9.17) is 4.74 Å². The molecule has 0 aliphatic rings. The molecule has 1 radical (unpaired) electrons. The summed E-state index contributed by atoms with van der Waals surface area (Å²) in [5, 5.41) is 0. The van der Waals surface area contributed by atoms with Gasteiger partial charge in [0.15, 0.2) is 0 Å². The Bertz CT molecular complexity index is 249. The fourth-order valence-electron chi connectivity index (χ4n) is 0.747. The van der Waals surface area contributed by atoms with Crippen molar-refractivity contribution in [3.05, 3.63) is 42.0 Å². The summed E-state index contributed by atoms with van der Waals surface area (Å²) in [5.74, 6) is 0.874. The first-order chi connectivity index (χ1) is 5.83. The van der Waals surface area contributed by atoms with Crippen LogP contribution in [0.2, 0.25) is 0 Å². The lowest BCUT2D eigenvalue weighted by atomic mass is 10.3. The Hall–Kier alpha value is -1.24. The van der Waals surface area contributed by atoms with Crippen LogP contribution >= 0.6 is 0 Å². The van der Waals surface area contributed by atoms with Gasteiger partial charge in [-0.25, -0.2) is 0 Å². The number of benzene rings is 1. The van der Waals surface area contributed by atoms with E-state index in [2.05, 4.69) is 6.07 Å². The second kappa shape index (κ2) is 4.60. The van der Waals surface area contributed by atoms with Gasteiger partial charge in [0, 0.05) is 0 Å². The molecule has 0 aliphatic heterocycles. The van der Waals surface area contributed by atoms with Crippen LogP contribution in [0.1, 0.15) is 13.8 Å². The van der Waals surface area contributed by atoms with Crippen molar-refractivity contribution >= 4 is 0 Å². The third-order valence-electron chi connectivity index (χ3n) is 1.64. The number of rotatable bonds is 3. The predicted molar refractivity (Wildman–Crippen MR) is 50.2 cm³/mol. The number of hydrogen-bond acceptors (Lipinski definition) is 1. The van der Waals surface area contributed by atoms with Gasteiger partial charge < -0.3 is 4.74 Å². The smallest absolute Gasteiger partial charge is 0.120 e. The largest absolute Gasteiger partial charge is 0.489 e. The summed E-state index contributed by atoms with van der Waals surface area (Å²) in [6.45, 7) is 4.72. The van der Waals surface area contributed by atoms with E-state index in [0.717, 1.165) is 5.75 Å². The van der Waals surface area contributed by atoms with Crippen molar-refractivity contribution in [2.75, 3.05) is 6.61 Å². The molecule has 0 atom stereocenters. The molecule has 0 N–H and O–H groups in total. The Morgan fingerprint density at radius 2 is 2.50 bits per heavy atom. The van der Waals surface area contributed by atoms with Gasteiger partial charge in [0.25, 0.3) is 0 Å². The van der Waals surface area contributed by atoms with Gasteiger partial charge in [-0.1, -0.05) is 18.2 Å². The first kappa shape index (κ1) is 8.85. The molecular formula is C11H13O. The van der Waals surface area contributed by atoms with Crippen molar-refractivity contribution in [1.29, 1.82) is 0 Å². The average molecular weight is 161 g/mol. The zero-order chi connectivity index (χ0) is 8.81. The van der Waals surface area contributed by atoms with Crippen LogP contribution in [-0.2, 0) is 0 Å². The van der Waals surface area contributed by atoms with Gasteiger partial charge in [-0.3, -0.25) is 0 Å². The first-order valence-electron chi connectivity index (χ1n) is 4.03. The maximum Gasteiger partial charge on any atom is 0.120 e. The van der Waals surface area contributed by atoms with E-state index in [-0.39, 0.29) is 0 Å². The second-order valence-electron chi connectivity index (χ2n) is 2.66. The van der Waals surface area contributed by atoms with E-state index in [1.165, 1.54) is 5.57 Å². The lowest BCUT2D eigenvalue weighted by molar-refractivity contribution is 0.352. The highest BCUT2D eigenvalue weighted by Crippen LogP contribution is 2.08. The minimum atomic E-state index is 0.661. The first-order valence-corrected chi connectivity index (χ1v) is 4.03. The van der Waals surface area contributed by atoms with Gasteiger partial charge in [0.2, 0.25) is 0 Å². The van der Waals surface area contributed by atoms with E-state index in [0.29, 0.717) is 6.61 Å². The Morgan fingerprint density at radius 3 is 3.08 bits per heavy atom. The molecule has 0 saturated carbocycles. The SMILES string of the molecule is CC=C(C)COc1c[c]ccc1. The van der Waals surface area contributed by atoms with Gasteiger partial charge in [-0.15, -0.1) is 0 Å². The topological polar surface area (TPSA) is 9.23 Å². The second-order valence-corrected chi connectivity index (χ2v) is 2.66. The molecule has 1 rings (SSSR count). The maximum atomic E-state index is 5.46. The zero-order valence-electron chi connectivity index (χ0n) is 7.50. The molecule has 63 valence electrons. The molecule has 0 heterocycles. The van der Waals surface area contributed by atoms with E-state index in [9.17, 15) is 0 Å². The highest BCUT2D eigenvalue weighted by Gasteiger charge is 1.90. The molecule has 0 fully saturated rings. The number of hydrogen-bond donors (Lipinski definition) is 0. The van der Waals surface area contributed by atoms with Crippen molar-refractivity contribution in [3.8, 4) is 5.75 Å². The third kappa shape index (κ3) is 2.79. The molecular weight excluding hydrogens is 148 g/mol. The molecule has 1 heteroatoms. The molecule has 0 amide bonds. The average Bonchev–Trinajstić information content (AvgIpc) is 2.16. The Labute approximate surface area is 73.7 Å². The summed E-state index contributed by atoms with van der Waals surface area (Å²) in [6, 6.07) is 10.5. The molecule has 1 aromatic carbocycles. The van der Waals surface area contributed by atoms with E-state index >= 15 is 0 Å². The van der Waals surface area contributed by atoms with Gasteiger partial charge >= 0.3 is 0 Å². The minimum Gasteiger partial charge on any atom is -0.489 e. The van der Waals surface area contributed by atoms with Gasteiger partial charge in [0.1, 0.15) is 12.4 Å². The molecule has 0 unspecified atom stereocenters. The summed E-state index contributed by atoms with van der Waals surface area (Å²) in [7, 11) is 0. The van der Waals surface area contributed by atoms with Crippen LogP contribution in [0.3, 0.4) is 0 Å². The quantitative estimate of drug-likeness (QED) is 0.619. The van der Waals surface area contributed by atoms with Crippen LogP contribution in [0, 0.1) is 6.07 Å². The van der Waals surface area contributed by atoms with Crippen molar-refractivity contribution in [1.82, 2.24) is 0 Å². The van der Waals surface area contributed by atoms with Crippen LogP contribution in [0.4, 0.5) is 0 Å². The molecule has 0 aliphatic carbocycles. The summed E-state index contributed by atoms with van der Waals surface area (Å²) in [6.07, 6.45) is 2.05. The molecule has 0 spiro atoms. The third-order valence-corrected chi connectivity index (χ3v) is 1.64. The van der Waals surface area contributed by atoms with E-state index in [1.54, 1.807) is 0 Å². The Kier molecular flexibility index (Phi) is 3.39. The van der Waals surface area contributed by atoms with Crippen molar-refractivity contribution in [2.24, 2.45) is 0 Å². The lowest BCUT2D eigenvalue weighted by Gasteiger charge is -2.04. The van der Waals surface area contributed by atoms with Crippen LogP contribution in [0.5, 0.6) is 5.75 Å². The summed E-state index contributed by atoms with van der Waals surface area (Å²) < 4.78 is 5.46. The van der Waals surface area contributed by atoms with E-state index in [1.807, 2.05) is 44.2 Å². The fraction of sp³-hybridized carbons (Fsp3) is 0.273. The molecule has 12 heavy (non-hydrogen) atoms. The van der Waals surface area contributed by atoms with Crippen LogP contribution in [-0.4, -0.2) is 6.61 Å². The van der Waals surface area contributed by atoms with Gasteiger partial charge in [-0.05, 0) is 37.6 Å². The maximum absolute atomic E-state index is 5.46. The molecule has 0 aromatic heterocycles. The summed E-state index contributed by atoms with van der Waals surface area (Å²) in [5.41, 5.74) is 1.24. The Morgan fingerprint density at radius 1 is 1.67 bits per heavy atom. The molecule has 0 saturated heterocycles.